The van der Waals surface area contributed by atoms with Crippen molar-refractivity contribution in [3.8, 4) is 0 Å². The van der Waals surface area contributed by atoms with Crippen LogP contribution in [0.1, 0.15) is 41.9 Å². The van der Waals surface area contributed by atoms with Crippen LogP contribution in [-0.2, 0) is 4.74 Å². The molecule has 0 radical (unpaired) electrons. The zero-order valence-electron chi connectivity index (χ0n) is 10.9. The number of nitrogens with zero attached hydrogens (tertiary/aromatic N) is 2. The maximum Gasteiger partial charge on any atom is 0.275 e. The van der Waals surface area contributed by atoms with Gasteiger partial charge in [0.1, 0.15) is 0 Å². The summed E-state index contributed by atoms with van der Waals surface area (Å²) >= 11 is 3.48. The van der Waals surface area contributed by atoms with Crippen molar-refractivity contribution in [3.05, 3.63) is 15.9 Å². The summed E-state index contributed by atoms with van der Waals surface area (Å²) in [5, 5.41) is 7.10. The number of ether oxygens (including phenoxy) is 1. The van der Waals surface area contributed by atoms with E-state index in [0.29, 0.717) is 18.2 Å². The average molecular weight is 316 g/mol. The van der Waals surface area contributed by atoms with Gasteiger partial charge in [0.2, 0.25) is 0 Å². The summed E-state index contributed by atoms with van der Waals surface area (Å²) in [5.41, 5.74) is 1.51. The number of amides is 1. The van der Waals surface area contributed by atoms with Gasteiger partial charge in [-0.2, -0.15) is 5.10 Å². The molecule has 1 aliphatic rings. The van der Waals surface area contributed by atoms with E-state index in [1.165, 1.54) is 12.8 Å². The molecule has 1 heterocycles. The van der Waals surface area contributed by atoms with E-state index in [-0.39, 0.29) is 11.9 Å². The standard InChI is InChI=1S/C12H18BrN3O2/c1-7(6-18-3)16(2)12(17)11-9(13)10(14-15-11)8-4-5-8/h7-8H,4-6H2,1-3H3,(H,14,15). The van der Waals surface area contributed by atoms with Crippen molar-refractivity contribution in [3.63, 3.8) is 0 Å². The molecule has 18 heavy (non-hydrogen) atoms. The maximum atomic E-state index is 12.3. The van der Waals surface area contributed by atoms with Crippen molar-refractivity contribution in [1.29, 1.82) is 0 Å². The summed E-state index contributed by atoms with van der Waals surface area (Å²) in [5.74, 6) is 0.449. The lowest BCUT2D eigenvalue weighted by Crippen LogP contribution is -2.38. The minimum atomic E-state index is -0.0884. The molecule has 0 bridgehead atoms. The van der Waals surface area contributed by atoms with E-state index in [1.54, 1.807) is 19.1 Å². The summed E-state index contributed by atoms with van der Waals surface area (Å²) in [6, 6.07) is 0.0236. The SMILES string of the molecule is COCC(C)N(C)C(=O)c1n[nH]c(C2CC2)c1Br. The number of rotatable bonds is 5. The van der Waals surface area contributed by atoms with Gasteiger partial charge in [0.15, 0.2) is 5.69 Å². The molecule has 100 valence electrons. The number of H-pyrrole nitrogens is 1. The number of likely N-dealkylation sites (N-methyl/N-ethyl adjacent to an activating group) is 1. The van der Waals surface area contributed by atoms with Gasteiger partial charge in [-0.05, 0) is 35.7 Å². The van der Waals surface area contributed by atoms with Crippen LogP contribution in [0.15, 0.2) is 4.47 Å². The quantitative estimate of drug-likeness (QED) is 0.905. The highest BCUT2D eigenvalue weighted by Crippen LogP contribution is 2.43. The van der Waals surface area contributed by atoms with E-state index >= 15 is 0 Å². The molecule has 1 aliphatic carbocycles. The second-order valence-corrected chi connectivity index (χ2v) is 5.59. The zero-order chi connectivity index (χ0) is 13.3. The molecule has 1 fully saturated rings. The Balaban J connectivity index is 2.13. The molecule has 1 amide bonds. The van der Waals surface area contributed by atoms with Gasteiger partial charge in [0, 0.05) is 20.1 Å². The van der Waals surface area contributed by atoms with Gasteiger partial charge in [-0.1, -0.05) is 0 Å². The molecule has 1 aromatic rings. The van der Waals surface area contributed by atoms with Crippen LogP contribution >= 0.6 is 15.9 Å². The maximum absolute atomic E-state index is 12.3. The van der Waals surface area contributed by atoms with Crippen molar-refractivity contribution in [1.82, 2.24) is 15.1 Å². The molecule has 1 N–H and O–H groups in total. The molecule has 1 atom stereocenters. The highest BCUT2D eigenvalue weighted by Gasteiger charge is 2.31. The molecule has 0 aliphatic heterocycles. The third-order valence-electron chi connectivity index (χ3n) is 3.31. The Kier molecular flexibility index (Phi) is 4.07. The molecule has 6 heteroatoms. The Morgan fingerprint density at radius 3 is 2.89 bits per heavy atom. The number of hydrogen-bond acceptors (Lipinski definition) is 3. The fraction of sp³-hybridized carbons (Fsp3) is 0.667. The lowest BCUT2D eigenvalue weighted by atomic mass is 10.2. The summed E-state index contributed by atoms with van der Waals surface area (Å²) in [7, 11) is 3.40. The number of carbonyl (C=O) groups is 1. The van der Waals surface area contributed by atoms with Crippen molar-refractivity contribution in [2.75, 3.05) is 20.8 Å². The molecule has 5 nitrogen and oxygen atoms in total. The largest absolute Gasteiger partial charge is 0.383 e. The van der Waals surface area contributed by atoms with E-state index in [4.69, 9.17) is 4.74 Å². The van der Waals surface area contributed by atoms with E-state index in [2.05, 4.69) is 26.1 Å². The Bertz CT molecular complexity index is 443. The third kappa shape index (κ3) is 2.59. The molecule has 0 aromatic carbocycles. The minimum absolute atomic E-state index is 0.0236. The normalized spacial score (nSPS) is 16.7. The fourth-order valence-corrected chi connectivity index (χ4v) is 2.52. The number of halogens is 1. The second-order valence-electron chi connectivity index (χ2n) is 4.79. The lowest BCUT2D eigenvalue weighted by Gasteiger charge is -2.23. The first kappa shape index (κ1) is 13.5. The van der Waals surface area contributed by atoms with Crippen LogP contribution in [0.25, 0.3) is 0 Å². The summed E-state index contributed by atoms with van der Waals surface area (Å²) in [6.07, 6.45) is 2.34. The van der Waals surface area contributed by atoms with Crippen molar-refractivity contribution >= 4 is 21.8 Å². The van der Waals surface area contributed by atoms with Gasteiger partial charge in [-0.15, -0.1) is 0 Å². The molecule has 2 rings (SSSR count). The molecule has 1 unspecified atom stereocenters. The number of nitrogens with one attached hydrogen (secondary N) is 1. The molecule has 1 aromatic heterocycles. The fourth-order valence-electron chi connectivity index (χ4n) is 1.85. The Hall–Kier alpha value is -0.880. The van der Waals surface area contributed by atoms with Gasteiger partial charge < -0.3 is 9.64 Å². The topological polar surface area (TPSA) is 58.2 Å². The highest BCUT2D eigenvalue weighted by atomic mass is 79.9. The van der Waals surface area contributed by atoms with Gasteiger partial charge in [-0.25, -0.2) is 0 Å². The van der Waals surface area contributed by atoms with Crippen LogP contribution in [0.4, 0.5) is 0 Å². The van der Waals surface area contributed by atoms with Crippen LogP contribution in [0.2, 0.25) is 0 Å². The smallest absolute Gasteiger partial charge is 0.275 e. The van der Waals surface area contributed by atoms with E-state index < -0.39 is 0 Å². The van der Waals surface area contributed by atoms with Gasteiger partial charge >= 0.3 is 0 Å². The van der Waals surface area contributed by atoms with E-state index in [1.807, 2.05) is 6.92 Å². The Labute approximate surface area is 115 Å². The number of hydrogen-bond donors (Lipinski definition) is 1. The van der Waals surface area contributed by atoms with Crippen molar-refractivity contribution in [2.45, 2.75) is 31.7 Å². The first-order valence-corrected chi connectivity index (χ1v) is 6.85. The first-order chi connectivity index (χ1) is 8.56. The van der Waals surface area contributed by atoms with Crippen molar-refractivity contribution < 1.29 is 9.53 Å². The number of methoxy groups -OCH3 is 1. The van der Waals surface area contributed by atoms with Crippen LogP contribution < -0.4 is 0 Å². The zero-order valence-corrected chi connectivity index (χ0v) is 12.5. The van der Waals surface area contributed by atoms with E-state index in [9.17, 15) is 4.79 Å². The molecular weight excluding hydrogens is 298 g/mol. The number of aromatic nitrogens is 2. The van der Waals surface area contributed by atoms with Crippen LogP contribution in [-0.4, -0.2) is 47.8 Å². The predicted molar refractivity (Wildman–Crippen MR) is 71.7 cm³/mol. The highest BCUT2D eigenvalue weighted by molar-refractivity contribution is 9.10. The lowest BCUT2D eigenvalue weighted by molar-refractivity contribution is 0.0627. The van der Waals surface area contributed by atoms with Gasteiger partial charge in [0.25, 0.3) is 5.91 Å². The van der Waals surface area contributed by atoms with Crippen molar-refractivity contribution in [2.24, 2.45) is 0 Å². The van der Waals surface area contributed by atoms with Crippen LogP contribution in [0.5, 0.6) is 0 Å². The Morgan fingerprint density at radius 2 is 2.33 bits per heavy atom. The second kappa shape index (κ2) is 5.40. The van der Waals surface area contributed by atoms with Crippen LogP contribution in [0, 0.1) is 0 Å². The first-order valence-electron chi connectivity index (χ1n) is 6.06. The van der Waals surface area contributed by atoms with Crippen LogP contribution in [0.3, 0.4) is 0 Å². The monoisotopic (exact) mass is 315 g/mol. The average Bonchev–Trinajstić information content (AvgIpc) is 3.11. The Morgan fingerprint density at radius 1 is 1.67 bits per heavy atom. The summed E-state index contributed by atoms with van der Waals surface area (Å²) < 4.78 is 5.87. The molecule has 0 saturated heterocycles. The predicted octanol–water partition coefficient (Wildman–Crippen LogP) is 2.16. The number of carbonyl (C=O) groups excluding carboxylic acids is 1. The van der Waals surface area contributed by atoms with Gasteiger partial charge in [-0.3, -0.25) is 9.89 Å². The molecule has 1 saturated carbocycles. The van der Waals surface area contributed by atoms with Gasteiger partial charge in [0.05, 0.1) is 22.8 Å². The van der Waals surface area contributed by atoms with E-state index in [0.717, 1.165) is 10.2 Å². The molecule has 0 spiro atoms. The summed E-state index contributed by atoms with van der Waals surface area (Å²) in [4.78, 5) is 13.9. The molecular formula is C12H18BrN3O2. The third-order valence-corrected chi connectivity index (χ3v) is 4.11. The minimum Gasteiger partial charge on any atom is -0.383 e. The number of aromatic amines is 1. The summed E-state index contributed by atoms with van der Waals surface area (Å²) in [6.45, 7) is 2.46.